The quantitative estimate of drug-likeness (QED) is 0.708. The van der Waals surface area contributed by atoms with Crippen LogP contribution in [0.5, 0.6) is 0 Å². The van der Waals surface area contributed by atoms with Crippen molar-refractivity contribution in [1.82, 2.24) is 4.98 Å². The van der Waals surface area contributed by atoms with E-state index in [0.29, 0.717) is 0 Å². The molecule has 1 aromatic heterocycles. The third-order valence-corrected chi connectivity index (χ3v) is 2.66. The number of aromatic nitrogens is 1. The molecule has 2 rings (SSSR count). The Hall–Kier alpha value is -0.600. The van der Waals surface area contributed by atoms with Crippen LogP contribution in [0, 0.1) is 0 Å². The fourth-order valence-electron chi connectivity index (χ4n) is 1.21. The van der Waals surface area contributed by atoms with Crippen molar-refractivity contribution < 1.29 is 0 Å². The summed E-state index contributed by atoms with van der Waals surface area (Å²) in [6, 6.07) is 9.73. The molecule has 0 amide bonds. The minimum atomic E-state index is 0.751. The monoisotopic (exact) mass is 255 g/mol. The summed E-state index contributed by atoms with van der Waals surface area (Å²) in [6.07, 6.45) is 0. The molecule has 0 N–H and O–H groups in total. The summed E-state index contributed by atoms with van der Waals surface area (Å²) in [5.74, 6) is 0. The van der Waals surface area contributed by atoms with Crippen LogP contribution in [0.2, 0.25) is 5.02 Å². The molecule has 0 saturated carbocycles. The molecule has 0 bridgehead atoms. The van der Waals surface area contributed by atoms with Gasteiger partial charge in [-0.05, 0) is 24.3 Å². The molecular formula is C10H7BrClN. The second kappa shape index (κ2) is 3.64. The molecule has 1 heterocycles. The number of hydrogen-bond donors (Lipinski definition) is 0. The molecule has 0 atom stereocenters. The molecule has 0 aliphatic rings. The molecule has 2 aromatic rings. The van der Waals surface area contributed by atoms with Crippen molar-refractivity contribution in [2.75, 3.05) is 0 Å². The molecule has 0 saturated heterocycles. The molecule has 66 valence electrons. The zero-order chi connectivity index (χ0) is 9.26. The van der Waals surface area contributed by atoms with Gasteiger partial charge in [0.2, 0.25) is 0 Å². The number of halogens is 2. The number of nitrogens with zero attached hydrogens (tertiary/aromatic N) is 1. The second-order valence-electron chi connectivity index (χ2n) is 2.77. The lowest BCUT2D eigenvalue weighted by molar-refractivity contribution is 1.24. The normalized spacial score (nSPS) is 10.6. The summed E-state index contributed by atoms with van der Waals surface area (Å²) in [4.78, 5) is 4.43. The van der Waals surface area contributed by atoms with E-state index in [-0.39, 0.29) is 0 Å². The van der Waals surface area contributed by atoms with E-state index in [1.54, 1.807) is 0 Å². The average Bonchev–Trinajstić information content (AvgIpc) is 2.17. The fraction of sp³-hybridized carbons (Fsp3) is 0.100. The van der Waals surface area contributed by atoms with Gasteiger partial charge in [0.05, 0.1) is 11.2 Å². The van der Waals surface area contributed by atoms with E-state index in [9.17, 15) is 0 Å². The highest BCUT2D eigenvalue weighted by atomic mass is 79.9. The van der Waals surface area contributed by atoms with Crippen LogP contribution in [0.4, 0.5) is 0 Å². The largest absolute Gasteiger partial charge is 0.252 e. The molecule has 0 aliphatic carbocycles. The highest BCUT2D eigenvalue weighted by Crippen LogP contribution is 2.18. The van der Waals surface area contributed by atoms with Gasteiger partial charge in [0, 0.05) is 15.7 Å². The maximum atomic E-state index is 5.86. The van der Waals surface area contributed by atoms with Crippen molar-refractivity contribution in [3.05, 3.63) is 41.0 Å². The van der Waals surface area contributed by atoms with Crippen LogP contribution in [0.25, 0.3) is 10.9 Å². The van der Waals surface area contributed by atoms with Crippen LogP contribution >= 0.6 is 27.5 Å². The number of fused-ring (bicyclic) bond motifs is 1. The smallest absolute Gasteiger partial charge is 0.0706 e. The predicted octanol–water partition coefficient (Wildman–Crippen LogP) is 3.78. The van der Waals surface area contributed by atoms with Crippen LogP contribution < -0.4 is 0 Å². The number of pyridine rings is 1. The lowest BCUT2D eigenvalue weighted by Crippen LogP contribution is -1.85. The van der Waals surface area contributed by atoms with Crippen LogP contribution in [-0.2, 0) is 5.33 Å². The van der Waals surface area contributed by atoms with Gasteiger partial charge < -0.3 is 0 Å². The Morgan fingerprint density at radius 3 is 2.85 bits per heavy atom. The van der Waals surface area contributed by atoms with Gasteiger partial charge in [-0.15, -0.1) is 0 Å². The first kappa shape index (κ1) is 8.97. The SMILES string of the molecule is Clc1ccc2nc(CBr)ccc2c1. The Morgan fingerprint density at radius 1 is 1.23 bits per heavy atom. The van der Waals surface area contributed by atoms with Gasteiger partial charge in [0.25, 0.3) is 0 Å². The highest BCUT2D eigenvalue weighted by molar-refractivity contribution is 9.08. The molecule has 1 aromatic carbocycles. The fourth-order valence-corrected chi connectivity index (χ4v) is 1.71. The van der Waals surface area contributed by atoms with Crippen LogP contribution in [0.1, 0.15) is 5.69 Å². The van der Waals surface area contributed by atoms with E-state index < -0.39 is 0 Å². The lowest BCUT2D eigenvalue weighted by atomic mass is 10.2. The van der Waals surface area contributed by atoms with Crippen molar-refractivity contribution in [3.8, 4) is 0 Å². The molecule has 0 unspecified atom stereocenters. The number of alkyl halides is 1. The lowest BCUT2D eigenvalue weighted by Gasteiger charge is -1.99. The third-order valence-electron chi connectivity index (χ3n) is 1.85. The summed E-state index contributed by atoms with van der Waals surface area (Å²) in [5, 5.41) is 2.61. The van der Waals surface area contributed by atoms with Crippen molar-refractivity contribution >= 4 is 38.4 Å². The number of benzene rings is 1. The number of rotatable bonds is 1. The van der Waals surface area contributed by atoms with E-state index in [1.165, 1.54) is 0 Å². The second-order valence-corrected chi connectivity index (χ2v) is 3.77. The molecule has 0 fully saturated rings. The van der Waals surface area contributed by atoms with Crippen LogP contribution in [-0.4, -0.2) is 4.98 Å². The maximum Gasteiger partial charge on any atom is 0.0706 e. The van der Waals surface area contributed by atoms with Crippen LogP contribution in [0.15, 0.2) is 30.3 Å². The summed E-state index contributed by atoms with van der Waals surface area (Å²) >= 11 is 9.22. The molecular weight excluding hydrogens is 249 g/mol. The first-order valence-electron chi connectivity index (χ1n) is 3.91. The topological polar surface area (TPSA) is 12.9 Å². The Morgan fingerprint density at radius 2 is 2.08 bits per heavy atom. The predicted molar refractivity (Wildman–Crippen MR) is 59.4 cm³/mol. The molecule has 0 spiro atoms. The van der Waals surface area contributed by atoms with Gasteiger partial charge in [0.1, 0.15) is 0 Å². The van der Waals surface area contributed by atoms with Crippen molar-refractivity contribution in [1.29, 1.82) is 0 Å². The van der Waals surface area contributed by atoms with Crippen molar-refractivity contribution in [2.45, 2.75) is 5.33 Å². The summed E-state index contributed by atoms with van der Waals surface area (Å²) in [7, 11) is 0. The van der Waals surface area contributed by atoms with Gasteiger partial charge in [-0.2, -0.15) is 0 Å². The first-order chi connectivity index (χ1) is 6.29. The van der Waals surface area contributed by atoms with E-state index >= 15 is 0 Å². The summed E-state index contributed by atoms with van der Waals surface area (Å²) in [5.41, 5.74) is 2.02. The molecule has 0 aliphatic heterocycles. The van der Waals surface area contributed by atoms with Gasteiger partial charge in [-0.1, -0.05) is 33.6 Å². The van der Waals surface area contributed by atoms with E-state index in [0.717, 1.165) is 26.9 Å². The van der Waals surface area contributed by atoms with Gasteiger partial charge in [-0.3, -0.25) is 4.98 Å². The van der Waals surface area contributed by atoms with Gasteiger partial charge >= 0.3 is 0 Å². The molecule has 1 nitrogen and oxygen atoms in total. The summed E-state index contributed by atoms with van der Waals surface area (Å²) in [6.45, 7) is 0. The first-order valence-corrected chi connectivity index (χ1v) is 5.41. The van der Waals surface area contributed by atoms with Gasteiger partial charge in [0.15, 0.2) is 0 Å². The zero-order valence-electron chi connectivity index (χ0n) is 6.80. The average molecular weight is 257 g/mol. The van der Waals surface area contributed by atoms with Gasteiger partial charge in [-0.25, -0.2) is 0 Å². The Balaban J connectivity index is 2.66. The van der Waals surface area contributed by atoms with E-state index in [1.807, 2.05) is 30.3 Å². The van der Waals surface area contributed by atoms with Crippen molar-refractivity contribution in [2.24, 2.45) is 0 Å². The summed E-state index contributed by atoms with van der Waals surface area (Å²) < 4.78 is 0. The van der Waals surface area contributed by atoms with E-state index in [4.69, 9.17) is 11.6 Å². The minimum absolute atomic E-state index is 0.751. The maximum absolute atomic E-state index is 5.86. The van der Waals surface area contributed by atoms with Crippen molar-refractivity contribution in [3.63, 3.8) is 0 Å². The molecule has 3 heteroatoms. The standard InChI is InChI=1S/C10H7BrClN/c11-6-9-3-1-7-5-8(12)2-4-10(7)13-9/h1-5H,6H2. The molecule has 13 heavy (non-hydrogen) atoms. The Bertz CT molecular complexity index is 442. The van der Waals surface area contributed by atoms with Crippen LogP contribution in [0.3, 0.4) is 0 Å². The molecule has 0 radical (unpaired) electrons. The highest BCUT2D eigenvalue weighted by Gasteiger charge is 1.97. The Kier molecular flexibility index (Phi) is 2.51. The number of hydrogen-bond acceptors (Lipinski definition) is 1. The zero-order valence-corrected chi connectivity index (χ0v) is 9.14. The Labute approximate surface area is 89.9 Å². The van der Waals surface area contributed by atoms with E-state index in [2.05, 4.69) is 20.9 Å². The minimum Gasteiger partial charge on any atom is -0.252 e. The third kappa shape index (κ3) is 1.84.